The zero-order valence-corrected chi connectivity index (χ0v) is 20.0. The fourth-order valence-electron chi connectivity index (χ4n) is 5.23. The molecule has 2 fully saturated rings. The van der Waals surface area contributed by atoms with Crippen LogP contribution in [0.4, 0.5) is 5.69 Å². The summed E-state index contributed by atoms with van der Waals surface area (Å²) in [6, 6.07) is 17.5. The van der Waals surface area contributed by atoms with Crippen LogP contribution in [-0.2, 0) is 0 Å². The Morgan fingerprint density at radius 2 is 1.89 bits per heavy atom. The number of aromatic nitrogens is 3. The molecular formula is C29H31N5O. The topological polar surface area (TPSA) is 65.7 Å². The molecule has 0 amide bonds. The number of rotatable bonds is 6. The summed E-state index contributed by atoms with van der Waals surface area (Å²) in [5.74, 6) is 0.402. The van der Waals surface area contributed by atoms with Crippen LogP contribution in [0.2, 0.25) is 0 Å². The zero-order chi connectivity index (χ0) is 23.9. The molecule has 35 heavy (non-hydrogen) atoms. The summed E-state index contributed by atoms with van der Waals surface area (Å²) in [6.45, 7) is 8.15. The Hall–Kier alpha value is -3.48. The van der Waals surface area contributed by atoms with Crippen molar-refractivity contribution in [3.63, 3.8) is 0 Å². The van der Waals surface area contributed by atoms with E-state index < -0.39 is 0 Å². The van der Waals surface area contributed by atoms with Crippen molar-refractivity contribution in [2.24, 2.45) is 5.92 Å². The normalized spacial score (nSPS) is 21.3. The summed E-state index contributed by atoms with van der Waals surface area (Å²) in [6.07, 6.45) is 9.66. The van der Waals surface area contributed by atoms with Crippen molar-refractivity contribution in [1.82, 2.24) is 19.9 Å². The van der Waals surface area contributed by atoms with Gasteiger partial charge in [0, 0.05) is 48.3 Å². The van der Waals surface area contributed by atoms with Gasteiger partial charge in [0.05, 0.1) is 18.3 Å². The number of nitrogens with zero attached hydrogens (tertiary/aromatic N) is 4. The largest absolute Gasteiger partial charge is 0.388 e. The van der Waals surface area contributed by atoms with Crippen LogP contribution in [0.1, 0.15) is 31.4 Å². The summed E-state index contributed by atoms with van der Waals surface area (Å²) in [4.78, 5) is 7.20. The van der Waals surface area contributed by atoms with E-state index in [0.29, 0.717) is 12.0 Å². The van der Waals surface area contributed by atoms with Gasteiger partial charge in [0.25, 0.3) is 0 Å². The van der Waals surface area contributed by atoms with Gasteiger partial charge in [0.15, 0.2) is 5.65 Å². The molecule has 1 aliphatic heterocycles. The molecule has 178 valence electrons. The summed E-state index contributed by atoms with van der Waals surface area (Å²) < 4.78 is 1.84. The minimum atomic E-state index is -0.384. The van der Waals surface area contributed by atoms with Crippen LogP contribution in [0.3, 0.4) is 0 Å². The Balaban J connectivity index is 1.28. The van der Waals surface area contributed by atoms with Gasteiger partial charge in [0.1, 0.15) is 0 Å². The molecule has 6 rings (SSSR count). The van der Waals surface area contributed by atoms with E-state index >= 15 is 0 Å². The molecule has 0 spiro atoms. The Kier molecular flexibility index (Phi) is 5.63. The van der Waals surface area contributed by atoms with Gasteiger partial charge in [-0.25, -0.2) is 9.50 Å². The molecule has 1 saturated carbocycles. The first-order valence-corrected chi connectivity index (χ1v) is 12.5. The Morgan fingerprint density at radius 1 is 1.06 bits per heavy atom. The molecule has 2 N–H and O–H groups in total. The van der Waals surface area contributed by atoms with E-state index in [-0.39, 0.29) is 12.1 Å². The molecule has 0 radical (unpaired) electrons. The van der Waals surface area contributed by atoms with E-state index in [2.05, 4.69) is 65.2 Å². The lowest BCUT2D eigenvalue weighted by atomic mass is 10.00. The molecule has 2 aromatic carbocycles. The number of piperazine rings is 1. The average Bonchev–Trinajstić information content (AvgIpc) is 3.67. The Labute approximate surface area is 205 Å². The lowest BCUT2D eigenvalue weighted by Gasteiger charge is -2.41. The van der Waals surface area contributed by atoms with Crippen LogP contribution in [0.25, 0.3) is 27.9 Å². The number of hydrogen-bond donors (Lipinski definition) is 2. The van der Waals surface area contributed by atoms with Gasteiger partial charge >= 0.3 is 0 Å². The van der Waals surface area contributed by atoms with Crippen molar-refractivity contribution < 1.29 is 5.11 Å². The lowest BCUT2D eigenvalue weighted by molar-refractivity contribution is 0.154. The number of anilines is 1. The second-order valence-electron chi connectivity index (χ2n) is 9.84. The van der Waals surface area contributed by atoms with Crippen molar-refractivity contribution in [3.05, 3.63) is 85.3 Å². The fourth-order valence-corrected chi connectivity index (χ4v) is 5.23. The minimum Gasteiger partial charge on any atom is -0.388 e. The number of fused-ring (bicyclic) bond motifs is 1. The molecule has 2 aromatic heterocycles. The highest BCUT2D eigenvalue weighted by Gasteiger charge is 2.31. The maximum absolute atomic E-state index is 10.6. The van der Waals surface area contributed by atoms with Crippen LogP contribution in [0.5, 0.6) is 0 Å². The van der Waals surface area contributed by atoms with Gasteiger partial charge < -0.3 is 15.3 Å². The zero-order valence-electron chi connectivity index (χ0n) is 20.0. The van der Waals surface area contributed by atoms with E-state index in [1.807, 2.05) is 41.3 Å². The molecule has 0 bridgehead atoms. The number of nitrogens with one attached hydrogen (secondary N) is 1. The standard InChI is InChI=1S/C29H31N5O/c1-3-25-16-30-14-19(2)34(25)26-11-9-20(10-12-26)24-15-31-29-27(17-32-33(29)18-24)22-5-4-6-23(13-22)28(35)21-7-8-21/h3-6,9-13,15,17-19,21,25,28,30,35H,1,7-8,14,16H2,2H3/t19-,25+,28?/m1/s1. The summed E-state index contributed by atoms with van der Waals surface area (Å²) in [5.41, 5.74) is 7.11. The molecule has 3 atom stereocenters. The monoisotopic (exact) mass is 465 g/mol. The second kappa shape index (κ2) is 8.95. The van der Waals surface area contributed by atoms with E-state index in [1.165, 1.54) is 5.69 Å². The quantitative estimate of drug-likeness (QED) is 0.398. The van der Waals surface area contributed by atoms with Crippen molar-refractivity contribution in [2.75, 3.05) is 18.0 Å². The first kappa shape index (κ1) is 22.0. The van der Waals surface area contributed by atoms with Crippen LogP contribution in [0, 0.1) is 5.92 Å². The highest BCUT2D eigenvalue weighted by atomic mass is 16.3. The SMILES string of the molecule is C=C[C@H]1CNC[C@@H](C)N1c1ccc(-c2cnc3c(-c4cccc(C(O)C5CC5)c4)cnn3c2)cc1. The van der Waals surface area contributed by atoms with Gasteiger partial charge in [-0.3, -0.25) is 0 Å². The predicted molar refractivity (Wildman–Crippen MR) is 140 cm³/mol. The van der Waals surface area contributed by atoms with Crippen LogP contribution >= 0.6 is 0 Å². The second-order valence-corrected chi connectivity index (χ2v) is 9.84. The number of aliphatic hydroxyl groups excluding tert-OH is 1. The third kappa shape index (κ3) is 4.13. The Morgan fingerprint density at radius 3 is 2.66 bits per heavy atom. The van der Waals surface area contributed by atoms with Gasteiger partial charge in [-0.15, -0.1) is 6.58 Å². The minimum absolute atomic E-state index is 0.286. The maximum Gasteiger partial charge on any atom is 0.162 e. The van der Waals surface area contributed by atoms with Crippen LogP contribution in [-0.4, -0.2) is 44.9 Å². The van der Waals surface area contributed by atoms with Crippen molar-refractivity contribution in [1.29, 1.82) is 0 Å². The van der Waals surface area contributed by atoms with Gasteiger partial charge in [-0.2, -0.15) is 5.10 Å². The molecule has 6 heteroatoms. The molecule has 1 aliphatic carbocycles. The van der Waals surface area contributed by atoms with E-state index in [1.54, 1.807) is 0 Å². The molecule has 2 aliphatic rings. The average molecular weight is 466 g/mol. The number of aliphatic hydroxyl groups is 1. The first-order chi connectivity index (χ1) is 17.1. The van der Waals surface area contributed by atoms with E-state index in [4.69, 9.17) is 4.98 Å². The maximum atomic E-state index is 10.6. The molecule has 4 aromatic rings. The highest BCUT2D eigenvalue weighted by molar-refractivity contribution is 5.78. The van der Waals surface area contributed by atoms with Crippen molar-refractivity contribution in [2.45, 2.75) is 38.0 Å². The summed E-state index contributed by atoms with van der Waals surface area (Å²) in [5, 5.41) is 18.6. The molecule has 3 heterocycles. The smallest absolute Gasteiger partial charge is 0.162 e. The third-order valence-electron chi connectivity index (χ3n) is 7.36. The molecule has 1 unspecified atom stereocenters. The number of hydrogen-bond acceptors (Lipinski definition) is 5. The van der Waals surface area contributed by atoms with Crippen LogP contribution in [0.15, 0.2) is 79.8 Å². The Bertz CT molecular complexity index is 1360. The molecule has 6 nitrogen and oxygen atoms in total. The predicted octanol–water partition coefficient (Wildman–Crippen LogP) is 4.86. The highest BCUT2D eigenvalue weighted by Crippen LogP contribution is 2.41. The molecular weight excluding hydrogens is 434 g/mol. The van der Waals surface area contributed by atoms with Gasteiger partial charge in [-0.1, -0.05) is 36.4 Å². The first-order valence-electron chi connectivity index (χ1n) is 12.5. The lowest BCUT2D eigenvalue weighted by Crippen LogP contribution is -2.55. The molecule has 1 saturated heterocycles. The van der Waals surface area contributed by atoms with Gasteiger partial charge in [0.2, 0.25) is 0 Å². The van der Waals surface area contributed by atoms with E-state index in [0.717, 1.165) is 59.4 Å². The fraction of sp³-hybridized carbons (Fsp3) is 0.310. The summed E-state index contributed by atoms with van der Waals surface area (Å²) >= 11 is 0. The van der Waals surface area contributed by atoms with E-state index in [9.17, 15) is 5.11 Å². The summed E-state index contributed by atoms with van der Waals surface area (Å²) in [7, 11) is 0. The van der Waals surface area contributed by atoms with Crippen molar-refractivity contribution in [3.8, 4) is 22.3 Å². The third-order valence-corrected chi connectivity index (χ3v) is 7.36. The number of benzene rings is 2. The van der Waals surface area contributed by atoms with Gasteiger partial charge in [-0.05, 0) is 60.6 Å². The van der Waals surface area contributed by atoms with Crippen LogP contribution < -0.4 is 10.2 Å². The van der Waals surface area contributed by atoms with Crippen molar-refractivity contribution >= 4 is 11.3 Å².